The van der Waals surface area contributed by atoms with Crippen LogP contribution in [-0.4, -0.2) is 5.16 Å². The Bertz CT molecular complexity index is 741. The Balaban J connectivity index is 1.57. The molecule has 0 radical (unpaired) electrons. The van der Waals surface area contributed by atoms with Crippen molar-refractivity contribution in [2.24, 2.45) is 0 Å². The van der Waals surface area contributed by atoms with E-state index in [9.17, 15) is 4.57 Å². The Hall–Kier alpha value is -2.29. The van der Waals surface area contributed by atoms with Crippen LogP contribution in [0.4, 0.5) is 0 Å². The van der Waals surface area contributed by atoms with Gasteiger partial charge in [-0.3, -0.25) is 0 Å². The first-order valence-electron chi connectivity index (χ1n) is 6.94. The van der Waals surface area contributed by atoms with E-state index in [0.29, 0.717) is 18.1 Å². The molecule has 0 N–H and O–H groups in total. The van der Waals surface area contributed by atoms with Crippen LogP contribution in [-0.2, 0) is 21.9 Å². The van der Waals surface area contributed by atoms with Gasteiger partial charge in [-0.25, -0.2) is 0 Å². The van der Waals surface area contributed by atoms with E-state index in [1.54, 1.807) is 6.07 Å². The lowest BCUT2D eigenvalue weighted by atomic mass is 10.2. The molecule has 2 aromatic carbocycles. The SMILES string of the molecule is O=[P+](Cc1cc(-c2ccccc2)on1)OCc1ccccc1. The maximum atomic E-state index is 12.0. The molecule has 0 aliphatic heterocycles. The first-order valence-corrected chi connectivity index (χ1v) is 8.30. The van der Waals surface area contributed by atoms with Crippen LogP contribution in [0.15, 0.2) is 71.3 Å². The van der Waals surface area contributed by atoms with Gasteiger partial charge in [0.05, 0.1) is 0 Å². The zero-order chi connectivity index (χ0) is 15.2. The summed E-state index contributed by atoms with van der Waals surface area (Å²) in [5.74, 6) is 0.669. The van der Waals surface area contributed by atoms with E-state index >= 15 is 0 Å². The summed E-state index contributed by atoms with van der Waals surface area (Å²) in [6.07, 6.45) is 0.249. The summed E-state index contributed by atoms with van der Waals surface area (Å²) in [4.78, 5) is 0. The van der Waals surface area contributed by atoms with E-state index < -0.39 is 8.03 Å². The largest absolute Gasteiger partial charge is 0.515 e. The topological polar surface area (TPSA) is 52.3 Å². The summed E-state index contributed by atoms with van der Waals surface area (Å²) < 4.78 is 22.6. The average Bonchev–Trinajstić information content (AvgIpc) is 3.03. The van der Waals surface area contributed by atoms with E-state index in [2.05, 4.69) is 5.16 Å². The van der Waals surface area contributed by atoms with Crippen molar-refractivity contribution < 1.29 is 13.6 Å². The minimum atomic E-state index is -1.81. The van der Waals surface area contributed by atoms with Gasteiger partial charge in [-0.15, -0.1) is 4.52 Å². The normalized spacial score (nSPS) is 11.4. The average molecular weight is 312 g/mol. The van der Waals surface area contributed by atoms with E-state index in [1.165, 1.54) is 0 Å². The molecule has 0 bridgehead atoms. The summed E-state index contributed by atoms with van der Waals surface area (Å²) in [6.45, 7) is 0.333. The molecule has 1 heterocycles. The highest BCUT2D eigenvalue weighted by atomic mass is 31.1. The fraction of sp³-hybridized carbons (Fsp3) is 0.118. The van der Waals surface area contributed by atoms with Crippen molar-refractivity contribution >= 4 is 8.03 Å². The van der Waals surface area contributed by atoms with Gasteiger partial charge in [-0.1, -0.05) is 65.8 Å². The predicted octanol–water partition coefficient (Wildman–Crippen LogP) is 4.80. The van der Waals surface area contributed by atoms with Crippen molar-refractivity contribution in [3.63, 3.8) is 0 Å². The van der Waals surface area contributed by atoms with Crippen LogP contribution in [0.3, 0.4) is 0 Å². The highest BCUT2D eigenvalue weighted by Gasteiger charge is 2.22. The number of hydrogen-bond acceptors (Lipinski definition) is 4. The molecular formula is C17H15NO3P+. The van der Waals surface area contributed by atoms with Crippen molar-refractivity contribution in [1.82, 2.24) is 5.16 Å². The first-order chi connectivity index (χ1) is 10.8. The number of hydrogen-bond donors (Lipinski definition) is 0. The van der Waals surface area contributed by atoms with Crippen molar-refractivity contribution in [3.8, 4) is 11.3 Å². The molecule has 5 heteroatoms. The molecule has 0 aliphatic carbocycles. The van der Waals surface area contributed by atoms with Gasteiger partial charge in [0.2, 0.25) is 6.16 Å². The molecular weight excluding hydrogens is 297 g/mol. The third kappa shape index (κ3) is 3.88. The molecule has 3 rings (SSSR count). The summed E-state index contributed by atoms with van der Waals surface area (Å²) in [6, 6.07) is 21.1. The van der Waals surface area contributed by atoms with Gasteiger partial charge < -0.3 is 4.52 Å². The lowest BCUT2D eigenvalue weighted by molar-refractivity contribution is 0.317. The summed E-state index contributed by atoms with van der Waals surface area (Å²) in [5.41, 5.74) is 2.57. The Morgan fingerprint density at radius 3 is 2.41 bits per heavy atom. The number of nitrogens with zero attached hydrogens (tertiary/aromatic N) is 1. The minimum absolute atomic E-state index is 0.249. The lowest BCUT2D eigenvalue weighted by Crippen LogP contribution is -1.87. The van der Waals surface area contributed by atoms with Crippen LogP contribution in [0, 0.1) is 0 Å². The van der Waals surface area contributed by atoms with Gasteiger partial charge in [-0.05, 0) is 10.1 Å². The Labute approximate surface area is 129 Å². The number of benzene rings is 2. The van der Waals surface area contributed by atoms with Crippen molar-refractivity contribution in [2.45, 2.75) is 12.8 Å². The lowest BCUT2D eigenvalue weighted by Gasteiger charge is -1.93. The van der Waals surface area contributed by atoms with E-state index in [-0.39, 0.29) is 6.16 Å². The smallest absolute Gasteiger partial charge is 0.356 e. The molecule has 4 nitrogen and oxygen atoms in total. The molecule has 0 aliphatic rings. The Kier molecular flexibility index (Phi) is 4.74. The van der Waals surface area contributed by atoms with Gasteiger partial charge >= 0.3 is 8.03 Å². The molecule has 0 saturated carbocycles. The first kappa shape index (κ1) is 14.6. The van der Waals surface area contributed by atoms with Crippen LogP contribution in [0.25, 0.3) is 11.3 Å². The highest BCUT2D eigenvalue weighted by Crippen LogP contribution is 2.30. The monoisotopic (exact) mass is 312 g/mol. The maximum Gasteiger partial charge on any atom is 0.515 e. The summed E-state index contributed by atoms with van der Waals surface area (Å²) in [5, 5.41) is 3.95. The molecule has 1 aromatic heterocycles. The van der Waals surface area contributed by atoms with Crippen LogP contribution in [0.5, 0.6) is 0 Å². The quantitative estimate of drug-likeness (QED) is 0.613. The second kappa shape index (κ2) is 7.12. The van der Waals surface area contributed by atoms with E-state index in [0.717, 1.165) is 11.1 Å². The number of rotatable bonds is 6. The zero-order valence-corrected chi connectivity index (χ0v) is 12.8. The van der Waals surface area contributed by atoms with Crippen LogP contribution < -0.4 is 0 Å². The molecule has 0 saturated heterocycles. The molecule has 22 heavy (non-hydrogen) atoms. The molecule has 0 fully saturated rings. The Morgan fingerprint density at radius 2 is 1.68 bits per heavy atom. The van der Waals surface area contributed by atoms with Crippen LogP contribution in [0.1, 0.15) is 11.3 Å². The van der Waals surface area contributed by atoms with Gasteiger partial charge in [-0.2, -0.15) is 0 Å². The second-order valence-corrected chi connectivity index (χ2v) is 6.04. The zero-order valence-electron chi connectivity index (χ0n) is 11.9. The fourth-order valence-corrected chi connectivity index (χ4v) is 2.82. The van der Waals surface area contributed by atoms with Crippen molar-refractivity contribution in [1.29, 1.82) is 0 Å². The molecule has 3 aromatic rings. The van der Waals surface area contributed by atoms with Gasteiger partial charge in [0.25, 0.3) is 0 Å². The second-order valence-electron chi connectivity index (χ2n) is 4.80. The molecule has 0 amide bonds. The van der Waals surface area contributed by atoms with Crippen LogP contribution >= 0.6 is 8.03 Å². The molecule has 1 atom stereocenters. The minimum Gasteiger partial charge on any atom is -0.356 e. The molecule has 110 valence electrons. The number of aromatic nitrogens is 1. The summed E-state index contributed by atoms with van der Waals surface area (Å²) >= 11 is 0. The van der Waals surface area contributed by atoms with Gasteiger partial charge in [0, 0.05) is 11.6 Å². The van der Waals surface area contributed by atoms with Crippen molar-refractivity contribution in [3.05, 3.63) is 78.0 Å². The molecule has 0 spiro atoms. The van der Waals surface area contributed by atoms with Crippen LogP contribution in [0.2, 0.25) is 0 Å². The third-order valence-corrected chi connectivity index (χ3v) is 4.13. The van der Waals surface area contributed by atoms with Gasteiger partial charge in [0.15, 0.2) is 5.76 Å². The van der Waals surface area contributed by atoms with E-state index in [4.69, 9.17) is 9.05 Å². The Morgan fingerprint density at radius 1 is 1.00 bits per heavy atom. The van der Waals surface area contributed by atoms with E-state index in [1.807, 2.05) is 60.7 Å². The standard InChI is InChI=1S/C17H15NO3P/c19-22(20-12-14-7-3-1-4-8-14)13-16-11-17(21-18-16)15-9-5-2-6-10-15/h1-11H,12-13H2/q+1. The van der Waals surface area contributed by atoms with Gasteiger partial charge in [0.1, 0.15) is 12.3 Å². The fourth-order valence-electron chi connectivity index (χ4n) is 2.02. The maximum absolute atomic E-state index is 12.0. The predicted molar refractivity (Wildman–Crippen MR) is 84.5 cm³/mol. The third-order valence-electron chi connectivity index (χ3n) is 3.13. The summed E-state index contributed by atoms with van der Waals surface area (Å²) in [7, 11) is -1.81. The van der Waals surface area contributed by atoms with Crippen molar-refractivity contribution in [2.75, 3.05) is 0 Å². The highest BCUT2D eigenvalue weighted by molar-refractivity contribution is 7.38. The molecule has 1 unspecified atom stereocenters.